The predicted octanol–water partition coefficient (Wildman–Crippen LogP) is 1.51. The van der Waals surface area contributed by atoms with Gasteiger partial charge in [-0.25, -0.2) is 4.79 Å². The first-order valence-corrected chi connectivity index (χ1v) is 7.56. The molecule has 0 aliphatic carbocycles. The SMILES string of the molecule is CCCCCCCCCC(=O)CC(=O)OC(=O)C(O)CO. The Morgan fingerprint density at radius 2 is 1.57 bits per heavy atom. The van der Waals surface area contributed by atoms with Gasteiger partial charge in [-0.1, -0.05) is 45.4 Å². The number of hydrogen-bond acceptors (Lipinski definition) is 6. The first kappa shape index (κ1) is 19.7. The minimum atomic E-state index is -1.74. The molecule has 0 aliphatic rings. The van der Waals surface area contributed by atoms with Crippen molar-refractivity contribution < 1.29 is 29.3 Å². The van der Waals surface area contributed by atoms with Crippen molar-refractivity contribution in [1.82, 2.24) is 0 Å². The first-order chi connectivity index (χ1) is 10.0. The van der Waals surface area contributed by atoms with Crippen LogP contribution >= 0.6 is 0 Å². The highest BCUT2D eigenvalue weighted by atomic mass is 16.6. The maximum absolute atomic E-state index is 11.5. The maximum atomic E-state index is 11.5. The van der Waals surface area contributed by atoms with Crippen molar-refractivity contribution in [2.24, 2.45) is 0 Å². The molecule has 0 rings (SSSR count). The fourth-order valence-electron chi connectivity index (χ4n) is 1.82. The van der Waals surface area contributed by atoms with Crippen LogP contribution in [0.4, 0.5) is 0 Å². The fraction of sp³-hybridized carbons (Fsp3) is 0.800. The Hall–Kier alpha value is -1.27. The molecule has 6 nitrogen and oxygen atoms in total. The van der Waals surface area contributed by atoms with Gasteiger partial charge in [-0.15, -0.1) is 0 Å². The Balaban J connectivity index is 3.65. The smallest absolute Gasteiger partial charge is 0.345 e. The maximum Gasteiger partial charge on any atom is 0.345 e. The summed E-state index contributed by atoms with van der Waals surface area (Å²) in [4.78, 5) is 33.7. The number of carbonyl (C=O) groups excluding carboxylic acids is 3. The van der Waals surface area contributed by atoms with Gasteiger partial charge in [0.05, 0.1) is 6.61 Å². The van der Waals surface area contributed by atoms with E-state index in [0.717, 1.165) is 25.7 Å². The summed E-state index contributed by atoms with van der Waals surface area (Å²) in [5.41, 5.74) is 0. The third kappa shape index (κ3) is 11.1. The average molecular weight is 302 g/mol. The lowest BCUT2D eigenvalue weighted by atomic mass is 10.1. The third-order valence-electron chi connectivity index (χ3n) is 3.06. The number of Topliss-reactive ketones (excluding diaryl/α,β-unsaturated/α-hetero) is 1. The number of hydrogen-bond donors (Lipinski definition) is 2. The molecular formula is C15H26O6. The summed E-state index contributed by atoms with van der Waals surface area (Å²) in [5, 5.41) is 17.4. The fourth-order valence-corrected chi connectivity index (χ4v) is 1.82. The van der Waals surface area contributed by atoms with Crippen molar-refractivity contribution in [3.05, 3.63) is 0 Å². The molecule has 122 valence electrons. The molecule has 0 aromatic heterocycles. The normalized spacial score (nSPS) is 12.0. The zero-order chi connectivity index (χ0) is 16.1. The highest BCUT2D eigenvalue weighted by Gasteiger charge is 2.20. The van der Waals surface area contributed by atoms with E-state index in [1.807, 2.05) is 0 Å². The summed E-state index contributed by atoms with van der Waals surface area (Å²) >= 11 is 0. The number of esters is 2. The van der Waals surface area contributed by atoms with E-state index in [9.17, 15) is 14.4 Å². The predicted molar refractivity (Wildman–Crippen MR) is 76.4 cm³/mol. The van der Waals surface area contributed by atoms with E-state index < -0.39 is 31.1 Å². The Kier molecular flexibility index (Phi) is 11.7. The highest BCUT2D eigenvalue weighted by molar-refractivity contribution is 5.99. The van der Waals surface area contributed by atoms with E-state index in [1.165, 1.54) is 19.3 Å². The summed E-state index contributed by atoms with van der Waals surface area (Å²) < 4.78 is 4.24. The van der Waals surface area contributed by atoms with E-state index in [0.29, 0.717) is 6.42 Å². The van der Waals surface area contributed by atoms with Gasteiger partial charge in [0, 0.05) is 6.42 Å². The lowest BCUT2D eigenvalue weighted by Crippen LogP contribution is -2.29. The van der Waals surface area contributed by atoms with Crippen LogP contribution in [0.2, 0.25) is 0 Å². The molecule has 2 N–H and O–H groups in total. The molecule has 0 fully saturated rings. The van der Waals surface area contributed by atoms with Crippen molar-refractivity contribution in [1.29, 1.82) is 0 Å². The minimum Gasteiger partial charge on any atom is -0.393 e. The molecular weight excluding hydrogens is 276 g/mol. The molecule has 0 aromatic rings. The zero-order valence-corrected chi connectivity index (χ0v) is 12.7. The van der Waals surface area contributed by atoms with Crippen LogP contribution in [-0.4, -0.2) is 40.6 Å². The van der Waals surface area contributed by atoms with Crippen molar-refractivity contribution in [2.75, 3.05) is 6.61 Å². The standard InChI is InChI=1S/C15H26O6/c1-2-3-4-5-6-7-8-9-12(17)10-14(19)21-15(20)13(18)11-16/h13,16,18H,2-11H2,1H3. The van der Waals surface area contributed by atoms with E-state index in [1.54, 1.807) is 0 Å². The molecule has 0 spiro atoms. The molecule has 0 aliphatic heterocycles. The van der Waals surface area contributed by atoms with Crippen molar-refractivity contribution in [3.63, 3.8) is 0 Å². The van der Waals surface area contributed by atoms with Crippen molar-refractivity contribution in [3.8, 4) is 0 Å². The molecule has 21 heavy (non-hydrogen) atoms. The second-order valence-electron chi connectivity index (χ2n) is 5.08. The number of ketones is 1. The van der Waals surface area contributed by atoms with Gasteiger partial charge >= 0.3 is 11.9 Å². The van der Waals surface area contributed by atoms with E-state index in [4.69, 9.17) is 10.2 Å². The topological polar surface area (TPSA) is 101 Å². The van der Waals surface area contributed by atoms with Crippen LogP contribution < -0.4 is 0 Å². The van der Waals surface area contributed by atoms with Gasteiger partial charge in [0.25, 0.3) is 0 Å². The largest absolute Gasteiger partial charge is 0.393 e. The van der Waals surface area contributed by atoms with E-state index >= 15 is 0 Å². The number of rotatable bonds is 12. The van der Waals surface area contributed by atoms with Gasteiger partial charge in [-0.05, 0) is 6.42 Å². The molecule has 0 heterocycles. The van der Waals surface area contributed by atoms with Gasteiger partial charge in [0.15, 0.2) is 6.10 Å². The second kappa shape index (κ2) is 12.5. The van der Waals surface area contributed by atoms with Gasteiger partial charge in [0.2, 0.25) is 0 Å². The first-order valence-electron chi connectivity index (χ1n) is 7.56. The number of carbonyl (C=O) groups is 3. The molecule has 0 saturated heterocycles. The zero-order valence-electron chi connectivity index (χ0n) is 12.7. The summed E-state index contributed by atoms with van der Waals surface area (Å²) in [5.74, 6) is -2.49. The number of aliphatic hydroxyl groups excluding tert-OH is 2. The van der Waals surface area contributed by atoms with E-state index in [2.05, 4.69) is 11.7 Å². The molecule has 0 radical (unpaired) electrons. The molecule has 1 unspecified atom stereocenters. The van der Waals surface area contributed by atoms with Crippen LogP contribution in [-0.2, 0) is 19.1 Å². The lowest BCUT2D eigenvalue weighted by molar-refractivity contribution is -0.167. The Labute approximate surface area is 125 Å². The van der Waals surface area contributed by atoms with Crippen LogP contribution in [0.1, 0.15) is 64.7 Å². The summed E-state index contributed by atoms with van der Waals surface area (Å²) in [6.45, 7) is 1.33. The number of unbranched alkanes of at least 4 members (excludes halogenated alkanes) is 6. The molecule has 0 amide bonds. The molecule has 0 aromatic carbocycles. The van der Waals surface area contributed by atoms with Crippen LogP contribution in [0.3, 0.4) is 0 Å². The van der Waals surface area contributed by atoms with Gasteiger partial charge in [0.1, 0.15) is 12.2 Å². The van der Waals surface area contributed by atoms with Crippen molar-refractivity contribution in [2.45, 2.75) is 70.8 Å². The quantitative estimate of drug-likeness (QED) is 0.322. The van der Waals surface area contributed by atoms with Gasteiger partial charge in [-0.2, -0.15) is 0 Å². The summed E-state index contributed by atoms with van der Waals surface area (Å²) in [6, 6.07) is 0. The Bertz CT molecular complexity index is 326. The highest BCUT2D eigenvalue weighted by Crippen LogP contribution is 2.09. The monoisotopic (exact) mass is 302 g/mol. The average Bonchev–Trinajstić information content (AvgIpc) is 2.45. The summed E-state index contributed by atoms with van der Waals surface area (Å²) in [6.07, 6.45) is 5.65. The molecule has 0 saturated carbocycles. The van der Waals surface area contributed by atoms with E-state index in [-0.39, 0.29) is 5.78 Å². The molecule has 6 heteroatoms. The van der Waals surface area contributed by atoms with Crippen LogP contribution in [0.15, 0.2) is 0 Å². The Morgan fingerprint density at radius 3 is 2.14 bits per heavy atom. The Morgan fingerprint density at radius 1 is 1.00 bits per heavy atom. The van der Waals surface area contributed by atoms with Crippen molar-refractivity contribution >= 4 is 17.7 Å². The number of aliphatic hydroxyl groups is 2. The van der Waals surface area contributed by atoms with Gasteiger partial charge in [-0.3, -0.25) is 9.59 Å². The van der Waals surface area contributed by atoms with Crippen LogP contribution in [0.5, 0.6) is 0 Å². The molecule has 0 bridgehead atoms. The third-order valence-corrected chi connectivity index (χ3v) is 3.06. The lowest BCUT2D eigenvalue weighted by Gasteiger charge is -2.06. The summed E-state index contributed by atoms with van der Waals surface area (Å²) in [7, 11) is 0. The van der Waals surface area contributed by atoms with Gasteiger partial charge < -0.3 is 14.9 Å². The molecule has 1 atom stereocenters. The minimum absolute atomic E-state index is 0.278. The number of ether oxygens (including phenoxy) is 1. The van der Waals surface area contributed by atoms with Crippen LogP contribution in [0, 0.1) is 0 Å². The van der Waals surface area contributed by atoms with Crippen LogP contribution in [0.25, 0.3) is 0 Å². The second-order valence-corrected chi connectivity index (χ2v) is 5.08.